The van der Waals surface area contributed by atoms with E-state index in [2.05, 4.69) is 26.2 Å². The van der Waals surface area contributed by atoms with Gasteiger partial charge in [0.2, 0.25) is 0 Å². The van der Waals surface area contributed by atoms with Crippen LogP contribution in [-0.4, -0.2) is 22.6 Å². The van der Waals surface area contributed by atoms with E-state index in [9.17, 15) is 9.18 Å². The first-order chi connectivity index (χ1) is 8.66. The van der Waals surface area contributed by atoms with Crippen LogP contribution in [0.2, 0.25) is 0 Å². The molecule has 1 aromatic heterocycles. The second-order valence-electron chi connectivity index (χ2n) is 4.58. The highest BCUT2D eigenvalue weighted by Crippen LogP contribution is 2.25. The number of piperidine rings is 1. The maximum absolute atomic E-state index is 13.4. The van der Waals surface area contributed by atoms with Gasteiger partial charge in [0.05, 0.1) is 21.5 Å². The van der Waals surface area contributed by atoms with Crippen molar-refractivity contribution >= 4 is 27.0 Å². The standard InChI is InChI=1S/C12H13BrFN3O/c13-8-4-11-10(5-9(8)14)16-12(18)17(11)7-2-1-3-15-6-7/h4-5,7,15H,1-3,6H2,(H,16,18). The van der Waals surface area contributed by atoms with E-state index in [-0.39, 0.29) is 17.5 Å². The molecule has 3 rings (SSSR count). The van der Waals surface area contributed by atoms with E-state index >= 15 is 0 Å². The van der Waals surface area contributed by atoms with Crippen LogP contribution in [0.5, 0.6) is 0 Å². The van der Waals surface area contributed by atoms with Gasteiger partial charge in [0.1, 0.15) is 5.82 Å². The Morgan fingerprint density at radius 1 is 1.44 bits per heavy atom. The lowest BCUT2D eigenvalue weighted by Gasteiger charge is -2.23. The van der Waals surface area contributed by atoms with Gasteiger partial charge in [0.25, 0.3) is 0 Å². The Bertz CT molecular complexity index is 643. The second kappa shape index (κ2) is 4.51. The first kappa shape index (κ1) is 11.9. The van der Waals surface area contributed by atoms with Crippen molar-refractivity contribution in [2.45, 2.75) is 18.9 Å². The number of hydrogen-bond donors (Lipinski definition) is 2. The first-order valence-electron chi connectivity index (χ1n) is 5.97. The van der Waals surface area contributed by atoms with Crippen molar-refractivity contribution in [1.29, 1.82) is 0 Å². The number of aromatic amines is 1. The fourth-order valence-corrected chi connectivity index (χ4v) is 2.87. The minimum Gasteiger partial charge on any atom is -0.315 e. The van der Waals surface area contributed by atoms with Gasteiger partial charge in [0.15, 0.2) is 0 Å². The van der Waals surface area contributed by atoms with E-state index in [1.165, 1.54) is 6.07 Å². The van der Waals surface area contributed by atoms with Crippen LogP contribution in [0.3, 0.4) is 0 Å². The number of H-pyrrole nitrogens is 1. The fraction of sp³-hybridized carbons (Fsp3) is 0.417. The van der Waals surface area contributed by atoms with Crippen molar-refractivity contribution in [1.82, 2.24) is 14.9 Å². The maximum Gasteiger partial charge on any atom is 0.326 e. The van der Waals surface area contributed by atoms with E-state index in [1.54, 1.807) is 10.6 Å². The summed E-state index contributed by atoms with van der Waals surface area (Å²) in [4.78, 5) is 14.7. The van der Waals surface area contributed by atoms with Gasteiger partial charge >= 0.3 is 5.69 Å². The van der Waals surface area contributed by atoms with Gasteiger partial charge in [-0.2, -0.15) is 0 Å². The molecule has 0 bridgehead atoms. The highest BCUT2D eigenvalue weighted by Gasteiger charge is 2.20. The summed E-state index contributed by atoms with van der Waals surface area (Å²) in [6.07, 6.45) is 2.01. The van der Waals surface area contributed by atoms with Crippen molar-refractivity contribution in [3.63, 3.8) is 0 Å². The molecule has 0 saturated carbocycles. The molecule has 18 heavy (non-hydrogen) atoms. The SMILES string of the molecule is O=c1[nH]c2cc(F)c(Br)cc2n1C1CCCNC1. The molecule has 1 atom stereocenters. The highest BCUT2D eigenvalue weighted by molar-refractivity contribution is 9.10. The van der Waals surface area contributed by atoms with E-state index in [1.807, 2.05) is 0 Å². The number of rotatable bonds is 1. The lowest BCUT2D eigenvalue weighted by Crippen LogP contribution is -2.35. The van der Waals surface area contributed by atoms with Crippen LogP contribution >= 0.6 is 15.9 Å². The van der Waals surface area contributed by atoms with E-state index in [0.29, 0.717) is 9.99 Å². The lowest BCUT2D eigenvalue weighted by molar-refractivity contribution is 0.372. The predicted octanol–water partition coefficient (Wildman–Crippen LogP) is 2.16. The fourth-order valence-electron chi connectivity index (χ4n) is 2.54. The maximum atomic E-state index is 13.4. The highest BCUT2D eigenvalue weighted by atomic mass is 79.9. The average molecular weight is 314 g/mol. The number of fused-ring (bicyclic) bond motifs is 1. The summed E-state index contributed by atoms with van der Waals surface area (Å²) in [6.45, 7) is 1.77. The molecule has 0 amide bonds. The van der Waals surface area contributed by atoms with Gasteiger partial charge in [-0.05, 0) is 41.4 Å². The van der Waals surface area contributed by atoms with Crippen LogP contribution in [-0.2, 0) is 0 Å². The van der Waals surface area contributed by atoms with Crippen molar-refractivity contribution < 1.29 is 4.39 Å². The predicted molar refractivity (Wildman–Crippen MR) is 71.4 cm³/mol. The Balaban J connectivity index is 2.18. The van der Waals surface area contributed by atoms with Crippen LogP contribution in [0.4, 0.5) is 4.39 Å². The van der Waals surface area contributed by atoms with Gasteiger partial charge in [-0.3, -0.25) is 4.57 Å². The largest absolute Gasteiger partial charge is 0.326 e. The number of nitrogens with zero attached hydrogens (tertiary/aromatic N) is 1. The van der Waals surface area contributed by atoms with Gasteiger partial charge in [0, 0.05) is 12.6 Å². The molecule has 0 aliphatic carbocycles. The summed E-state index contributed by atoms with van der Waals surface area (Å²) in [7, 11) is 0. The molecule has 2 N–H and O–H groups in total. The third kappa shape index (κ3) is 1.89. The van der Waals surface area contributed by atoms with Gasteiger partial charge in [-0.1, -0.05) is 0 Å². The molecular weight excluding hydrogens is 301 g/mol. The molecule has 4 nitrogen and oxygen atoms in total. The number of nitrogens with one attached hydrogen (secondary N) is 2. The number of benzene rings is 1. The van der Waals surface area contributed by atoms with Crippen LogP contribution in [0, 0.1) is 5.82 Å². The molecule has 2 aromatic rings. The molecule has 1 saturated heterocycles. The van der Waals surface area contributed by atoms with Crippen LogP contribution in [0.15, 0.2) is 21.4 Å². The van der Waals surface area contributed by atoms with Crippen LogP contribution in [0.1, 0.15) is 18.9 Å². The molecule has 1 unspecified atom stereocenters. The molecular formula is C12H13BrFN3O. The zero-order chi connectivity index (χ0) is 12.7. The van der Waals surface area contributed by atoms with Crippen molar-refractivity contribution in [3.8, 4) is 0 Å². The zero-order valence-electron chi connectivity index (χ0n) is 9.67. The van der Waals surface area contributed by atoms with Gasteiger partial charge < -0.3 is 10.3 Å². The zero-order valence-corrected chi connectivity index (χ0v) is 11.3. The summed E-state index contributed by atoms with van der Waals surface area (Å²) in [6, 6.07) is 3.16. The molecule has 6 heteroatoms. The Morgan fingerprint density at radius 2 is 2.28 bits per heavy atom. The quantitative estimate of drug-likeness (QED) is 0.847. The topological polar surface area (TPSA) is 49.8 Å². The summed E-state index contributed by atoms with van der Waals surface area (Å²) in [5.74, 6) is -0.363. The van der Waals surface area contributed by atoms with Crippen molar-refractivity contribution in [2.75, 3.05) is 13.1 Å². The van der Waals surface area contributed by atoms with Crippen LogP contribution in [0.25, 0.3) is 11.0 Å². The second-order valence-corrected chi connectivity index (χ2v) is 5.44. The normalized spacial score (nSPS) is 20.4. The third-order valence-corrected chi connectivity index (χ3v) is 4.00. The number of aromatic nitrogens is 2. The Kier molecular flexibility index (Phi) is 2.99. The molecule has 96 valence electrons. The molecule has 0 radical (unpaired) electrons. The minimum absolute atomic E-state index is 0.136. The van der Waals surface area contributed by atoms with Crippen LogP contribution < -0.4 is 11.0 Å². The van der Waals surface area contributed by atoms with E-state index < -0.39 is 0 Å². The summed E-state index contributed by atoms with van der Waals surface area (Å²) in [5.41, 5.74) is 1.13. The smallest absolute Gasteiger partial charge is 0.315 e. The van der Waals surface area contributed by atoms with Crippen molar-refractivity contribution in [3.05, 3.63) is 32.9 Å². The van der Waals surface area contributed by atoms with E-state index in [0.717, 1.165) is 31.4 Å². The van der Waals surface area contributed by atoms with E-state index in [4.69, 9.17) is 0 Å². The van der Waals surface area contributed by atoms with Crippen molar-refractivity contribution in [2.24, 2.45) is 0 Å². The molecule has 1 fully saturated rings. The Labute approximate surface area is 111 Å². The summed E-state index contributed by atoms with van der Waals surface area (Å²) >= 11 is 3.16. The number of imidazole rings is 1. The Morgan fingerprint density at radius 3 is 3.00 bits per heavy atom. The minimum atomic E-state index is -0.363. The average Bonchev–Trinajstić information content (AvgIpc) is 2.66. The van der Waals surface area contributed by atoms with Gasteiger partial charge in [-0.25, -0.2) is 9.18 Å². The molecule has 1 aliphatic rings. The molecule has 0 spiro atoms. The lowest BCUT2D eigenvalue weighted by atomic mass is 10.1. The Hall–Kier alpha value is -1.14. The summed E-state index contributed by atoms with van der Waals surface area (Å²) in [5, 5.41) is 3.28. The summed E-state index contributed by atoms with van der Waals surface area (Å²) < 4.78 is 15.6. The molecule has 1 aliphatic heterocycles. The molecule has 1 aromatic carbocycles. The molecule has 2 heterocycles. The van der Waals surface area contributed by atoms with Gasteiger partial charge in [-0.15, -0.1) is 0 Å². The first-order valence-corrected chi connectivity index (χ1v) is 6.76. The number of hydrogen-bond acceptors (Lipinski definition) is 2. The number of halogens is 2. The third-order valence-electron chi connectivity index (χ3n) is 3.39. The monoisotopic (exact) mass is 313 g/mol.